The number of likely N-dealkylation sites (N-methyl/N-ethyl adjacent to an activating group) is 1. The van der Waals surface area contributed by atoms with Crippen molar-refractivity contribution in [3.05, 3.63) is 52.5 Å². The summed E-state index contributed by atoms with van der Waals surface area (Å²) in [5, 5.41) is 16.1. The minimum atomic E-state index is -1.06. The third kappa shape index (κ3) is 5.88. The molecule has 2 aromatic carbocycles. The van der Waals surface area contributed by atoms with E-state index >= 15 is 0 Å². The van der Waals surface area contributed by atoms with Gasteiger partial charge >= 0.3 is 5.97 Å². The Balaban J connectivity index is 2.07. The zero-order valence-corrected chi connectivity index (χ0v) is 16.1. The predicted octanol–water partition coefficient (Wildman–Crippen LogP) is 3.01. The van der Waals surface area contributed by atoms with Crippen molar-refractivity contribution in [2.24, 2.45) is 5.10 Å². The first-order chi connectivity index (χ1) is 13.4. The van der Waals surface area contributed by atoms with E-state index in [1.165, 1.54) is 31.5 Å². The number of ether oxygens (including phenoxy) is 2. The van der Waals surface area contributed by atoms with E-state index in [4.69, 9.17) is 26.2 Å². The number of hydrogen-bond acceptors (Lipinski definition) is 6. The number of methoxy groups -OCH3 is 1. The smallest absolute Gasteiger partial charge is 0.335 e. The lowest BCUT2D eigenvalue weighted by atomic mass is 10.2. The summed E-state index contributed by atoms with van der Waals surface area (Å²) in [6.45, 7) is 2.24. The van der Waals surface area contributed by atoms with Crippen molar-refractivity contribution in [2.45, 2.75) is 6.92 Å². The molecule has 148 valence electrons. The van der Waals surface area contributed by atoms with Gasteiger partial charge in [0.25, 0.3) is 5.91 Å². The van der Waals surface area contributed by atoms with Crippen LogP contribution in [0.5, 0.6) is 11.5 Å². The summed E-state index contributed by atoms with van der Waals surface area (Å²) >= 11 is 6.04. The zero-order chi connectivity index (χ0) is 20.5. The van der Waals surface area contributed by atoms with Gasteiger partial charge in [0, 0.05) is 6.54 Å². The normalized spacial score (nSPS) is 10.5. The fourth-order valence-electron chi connectivity index (χ4n) is 2.20. The number of benzene rings is 2. The number of hydrazone groups is 1. The van der Waals surface area contributed by atoms with Gasteiger partial charge in [-0.1, -0.05) is 11.6 Å². The average Bonchev–Trinajstić information content (AvgIpc) is 2.68. The van der Waals surface area contributed by atoms with Crippen LogP contribution in [0.3, 0.4) is 0 Å². The molecule has 3 N–H and O–H groups in total. The SMILES string of the molecule is CCNC(=O)COc1ccc(/C=N\Nc2cc(C(=O)O)ccc2Cl)cc1OC. The molecule has 8 nitrogen and oxygen atoms in total. The van der Waals surface area contributed by atoms with Crippen LogP contribution in [0, 0.1) is 0 Å². The standard InChI is InChI=1S/C19H20ClN3O5/c1-3-21-18(24)11-28-16-7-4-12(8-17(16)27-2)10-22-23-15-9-13(19(25)26)5-6-14(15)20/h4-10,23H,3,11H2,1-2H3,(H,21,24)(H,25,26)/b22-10-. The van der Waals surface area contributed by atoms with Crippen LogP contribution in [0.2, 0.25) is 5.02 Å². The van der Waals surface area contributed by atoms with Gasteiger partial charge in [0.15, 0.2) is 18.1 Å². The summed E-state index contributed by atoms with van der Waals surface area (Å²) < 4.78 is 10.7. The highest BCUT2D eigenvalue weighted by Gasteiger charge is 2.09. The average molecular weight is 406 g/mol. The molecule has 0 aromatic heterocycles. The molecule has 0 spiro atoms. The van der Waals surface area contributed by atoms with Crippen molar-refractivity contribution in [3.8, 4) is 11.5 Å². The second kappa shape index (κ2) is 10.2. The van der Waals surface area contributed by atoms with Crippen molar-refractivity contribution >= 4 is 35.4 Å². The molecule has 2 rings (SSSR count). The van der Waals surface area contributed by atoms with Gasteiger partial charge < -0.3 is 19.9 Å². The second-order valence-corrected chi connectivity index (χ2v) is 5.93. The van der Waals surface area contributed by atoms with E-state index in [9.17, 15) is 9.59 Å². The Bertz CT molecular complexity index is 886. The van der Waals surface area contributed by atoms with Crippen LogP contribution in [-0.4, -0.2) is 43.5 Å². The number of aromatic carboxylic acids is 1. The topological polar surface area (TPSA) is 109 Å². The number of carboxylic acid groups (broad SMARTS) is 1. The van der Waals surface area contributed by atoms with Crippen LogP contribution in [0.15, 0.2) is 41.5 Å². The Hall–Kier alpha value is -3.26. The molecule has 0 unspecified atom stereocenters. The van der Waals surface area contributed by atoms with E-state index in [0.29, 0.717) is 34.3 Å². The molecule has 0 aliphatic heterocycles. The highest BCUT2D eigenvalue weighted by Crippen LogP contribution is 2.28. The van der Waals surface area contributed by atoms with Gasteiger partial charge in [-0.25, -0.2) is 4.79 Å². The Kier molecular flexibility index (Phi) is 7.65. The van der Waals surface area contributed by atoms with E-state index < -0.39 is 5.97 Å². The first-order valence-corrected chi connectivity index (χ1v) is 8.71. The molecule has 0 radical (unpaired) electrons. The zero-order valence-electron chi connectivity index (χ0n) is 15.4. The lowest BCUT2D eigenvalue weighted by Crippen LogP contribution is -2.28. The van der Waals surface area contributed by atoms with Crippen LogP contribution in [0.25, 0.3) is 0 Å². The number of halogens is 1. The monoisotopic (exact) mass is 405 g/mol. The molecule has 1 amide bonds. The van der Waals surface area contributed by atoms with Gasteiger partial charge in [-0.15, -0.1) is 0 Å². The van der Waals surface area contributed by atoms with E-state index in [1.807, 2.05) is 6.92 Å². The first-order valence-electron chi connectivity index (χ1n) is 8.34. The molecule has 0 fully saturated rings. The van der Waals surface area contributed by atoms with Gasteiger partial charge in [0.1, 0.15) is 0 Å². The summed E-state index contributed by atoms with van der Waals surface area (Å²) in [6, 6.07) is 9.36. The third-order valence-corrected chi connectivity index (χ3v) is 3.86. The number of amides is 1. The molecule has 9 heteroatoms. The summed E-state index contributed by atoms with van der Waals surface area (Å²) in [4.78, 5) is 22.5. The number of hydrogen-bond donors (Lipinski definition) is 3. The minimum Gasteiger partial charge on any atom is -0.493 e. The molecule has 0 saturated heterocycles. The maximum Gasteiger partial charge on any atom is 0.335 e. The number of carbonyl (C=O) groups is 2. The molecule has 28 heavy (non-hydrogen) atoms. The number of nitrogens with zero attached hydrogens (tertiary/aromatic N) is 1. The highest BCUT2D eigenvalue weighted by atomic mass is 35.5. The van der Waals surface area contributed by atoms with E-state index in [-0.39, 0.29) is 18.1 Å². The molecule has 0 aliphatic rings. The first kappa shape index (κ1) is 21.0. The number of rotatable bonds is 9. The van der Waals surface area contributed by atoms with Crippen LogP contribution in [0.1, 0.15) is 22.8 Å². The molecule has 0 atom stereocenters. The Morgan fingerprint density at radius 2 is 2.00 bits per heavy atom. The number of carboxylic acids is 1. The molecule has 0 aliphatic carbocycles. The lowest BCUT2D eigenvalue weighted by Gasteiger charge is -2.11. The summed E-state index contributed by atoms with van der Waals surface area (Å²) in [5.74, 6) is -0.410. The van der Waals surface area contributed by atoms with Crippen molar-refractivity contribution in [1.82, 2.24) is 5.32 Å². The number of anilines is 1. The fraction of sp³-hybridized carbons (Fsp3) is 0.211. The van der Waals surface area contributed by atoms with Crippen molar-refractivity contribution in [3.63, 3.8) is 0 Å². The third-order valence-electron chi connectivity index (χ3n) is 3.53. The van der Waals surface area contributed by atoms with E-state index in [0.717, 1.165) is 0 Å². The Morgan fingerprint density at radius 3 is 2.68 bits per heavy atom. The van der Waals surface area contributed by atoms with Crippen LogP contribution >= 0.6 is 11.6 Å². The molecular formula is C19H20ClN3O5. The Morgan fingerprint density at radius 1 is 1.21 bits per heavy atom. The lowest BCUT2D eigenvalue weighted by molar-refractivity contribution is -0.123. The molecule has 2 aromatic rings. The van der Waals surface area contributed by atoms with Crippen LogP contribution in [-0.2, 0) is 4.79 Å². The summed E-state index contributed by atoms with van der Waals surface area (Å²) in [6.07, 6.45) is 1.51. The second-order valence-electron chi connectivity index (χ2n) is 5.52. The molecule has 0 bridgehead atoms. The number of carbonyl (C=O) groups excluding carboxylic acids is 1. The summed E-state index contributed by atoms with van der Waals surface area (Å²) in [7, 11) is 1.49. The number of nitrogens with one attached hydrogen (secondary N) is 2. The Labute approximate surface area is 167 Å². The summed E-state index contributed by atoms with van der Waals surface area (Å²) in [5.41, 5.74) is 3.87. The maximum atomic E-state index is 11.5. The quantitative estimate of drug-likeness (QED) is 0.437. The van der Waals surface area contributed by atoms with Crippen molar-refractivity contribution in [2.75, 3.05) is 25.7 Å². The largest absolute Gasteiger partial charge is 0.493 e. The van der Waals surface area contributed by atoms with Gasteiger partial charge in [0.2, 0.25) is 0 Å². The van der Waals surface area contributed by atoms with Crippen LogP contribution < -0.4 is 20.2 Å². The van der Waals surface area contributed by atoms with E-state index in [2.05, 4.69) is 15.8 Å². The maximum absolute atomic E-state index is 11.5. The van der Waals surface area contributed by atoms with Gasteiger partial charge in [-0.05, 0) is 48.9 Å². The molecule has 0 saturated carbocycles. The van der Waals surface area contributed by atoms with Gasteiger partial charge in [-0.3, -0.25) is 10.2 Å². The van der Waals surface area contributed by atoms with E-state index in [1.54, 1.807) is 18.2 Å². The van der Waals surface area contributed by atoms with Crippen molar-refractivity contribution < 1.29 is 24.2 Å². The minimum absolute atomic E-state index is 0.0948. The fourth-order valence-corrected chi connectivity index (χ4v) is 2.36. The molecular weight excluding hydrogens is 386 g/mol. The molecule has 0 heterocycles. The van der Waals surface area contributed by atoms with Gasteiger partial charge in [0.05, 0.1) is 29.6 Å². The van der Waals surface area contributed by atoms with Crippen LogP contribution in [0.4, 0.5) is 5.69 Å². The van der Waals surface area contributed by atoms with Gasteiger partial charge in [-0.2, -0.15) is 5.10 Å². The highest BCUT2D eigenvalue weighted by molar-refractivity contribution is 6.33. The predicted molar refractivity (Wildman–Crippen MR) is 107 cm³/mol. The van der Waals surface area contributed by atoms with Crippen molar-refractivity contribution in [1.29, 1.82) is 0 Å².